The highest BCUT2D eigenvalue weighted by atomic mass is 16.1. The number of amides is 1. The number of aromatic nitrogens is 1. The minimum absolute atomic E-state index is 0.190. The van der Waals surface area contributed by atoms with Crippen LogP contribution in [0.5, 0.6) is 0 Å². The Kier molecular flexibility index (Phi) is 5.95. The van der Waals surface area contributed by atoms with Gasteiger partial charge in [0.05, 0.1) is 11.9 Å². The number of hydrogen-bond acceptors (Lipinski definition) is 3. The van der Waals surface area contributed by atoms with E-state index >= 15 is 0 Å². The Morgan fingerprint density at radius 3 is 2.36 bits per heavy atom. The molecule has 2 aromatic rings. The molecule has 0 bridgehead atoms. The van der Waals surface area contributed by atoms with Crippen LogP contribution in [0.2, 0.25) is 0 Å². The summed E-state index contributed by atoms with van der Waals surface area (Å²) in [6.45, 7) is 5.18. The molecule has 0 spiro atoms. The van der Waals surface area contributed by atoms with Gasteiger partial charge in [-0.1, -0.05) is 32.4 Å². The number of nitrogens with zero attached hydrogens (tertiary/aromatic N) is 1. The predicted molar refractivity (Wildman–Crippen MR) is 91.4 cm³/mol. The van der Waals surface area contributed by atoms with Gasteiger partial charge in [-0.05, 0) is 42.7 Å². The van der Waals surface area contributed by atoms with Gasteiger partial charge >= 0.3 is 0 Å². The van der Waals surface area contributed by atoms with Crippen molar-refractivity contribution in [2.45, 2.75) is 33.1 Å². The van der Waals surface area contributed by atoms with Crippen molar-refractivity contribution in [2.75, 3.05) is 17.2 Å². The van der Waals surface area contributed by atoms with E-state index in [-0.39, 0.29) is 5.91 Å². The molecule has 1 amide bonds. The van der Waals surface area contributed by atoms with E-state index in [9.17, 15) is 4.79 Å². The van der Waals surface area contributed by atoms with Crippen LogP contribution in [0.4, 0.5) is 11.4 Å². The predicted octanol–water partition coefficient (Wildman–Crippen LogP) is 4.11. The molecule has 1 aromatic heterocycles. The fourth-order valence-electron chi connectivity index (χ4n) is 2.06. The van der Waals surface area contributed by atoms with Crippen LogP contribution in [0.15, 0.2) is 42.6 Å². The zero-order valence-corrected chi connectivity index (χ0v) is 13.2. The van der Waals surface area contributed by atoms with Gasteiger partial charge in [-0.15, -0.1) is 0 Å². The largest absolute Gasteiger partial charge is 0.384 e. The molecule has 22 heavy (non-hydrogen) atoms. The van der Waals surface area contributed by atoms with Gasteiger partial charge in [0.1, 0.15) is 5.69 Å². The maximum absolute atomic E-state index is 12.1. The summed E-state index contributed by atoms with van der Waals surface area (Å²) in [6.07, 6.45) is 4.96. The summed E-state index contributed by atoms with van der Waals surface area (Å²) in [5.41, 5.74) is 3.39. The molecule has 2 rings (SSSR count). The Bertz CT molecular complexity index is 591. The number of carbonyl (C=O) groups excluding carboxylic acids is 1. The lowest BCUT2D eigenvalue weighted by atomic mass is 10.1. The monoisotopic (exact) mass is 297 g/mol. The molecular weight excluding hydrogens is 274 g/mol. The second-order valence-electron chi connectivity index (χ2n) is 5.22. The van der Waals surface area contributed by atoms with Gasteiger partial charge in [0.2, 0.25) is 0 Å². The van der Waals surface area contributed by atoms with Gasteiger partial charge in [0.25, 0.3) is 5.91 Å². The number of benzene rings is 1. The zero-order valence-electron chi connectivity index (χ0n) is 13.2. The Hall–Kier alpha value is -2.36. The van der Waals surface area contributed by atoms with E-state index in [0.717, 1.165) is 37.2 Å². The summed E-state index contributed by atoms with van der Waals surface area (Å²) in [5.74, 6) is -0.190. The zero-order chi connectivity index (χ0) is 15.8. The van der Waals surface area contributed by atoms with Gasteiger partial charge in [0.15, 0.2) is 0 Å². The normalized spacial score (nSPS) is 10.3. The Morgan fingerprint density at radius 2 is 1.77 bits per heavy atom. The first kappa shape index (κ1) is 16.0. The molecule has 0 atom stereocenters. The lowest BCUT2D eigenvalue weighted by Gasteiger charge is -2.07. The van der Waals surface area contributed by atoms with Crippen molar-refractivity contribution in [3.8, 4) is 0 Å². The van der Waals surface area contributed by atoms with Crippen LogP contribution in [-0.4, -0.2) is 17.4 Å². The number of carbonyl (C=O) groups is 1. The Labute approximate surface area is 132 Å². The second-order valence-corrected chi connectivity index (χ2v) is 5.22. The molecule has 116 valence electrons. The molecule has 0 radical (unpaired) electrons. The van der Waals surface area contributed by atoms with Crippen LogP contribution in [0, 0.1) is 0 Å². The van der Waals surface area contributed by atoms with Crippen LogP contribution in [0.25, 0.3) is 0 Å². The van der Waals surface area contributed by atoms with Crippen LogP contribution in [0.1, 0.15) is 42.7 Å². The van der Waals surface area contributed by atoms with Gasteiger partial charge in [-0.3, -0.25) is 4.79 Å². The van der Waals surface area contributed by atoms with Crippen LogP contribution >= 0.6 is 0 Å². The number of hydrogen-bond donors (Lipinski definition) is 2. The second kappa shape index (κ2) is 8.17. The van der Waals surface area contributed by atoms with Crippen LogP contribution in [-0.2, 0) is 6.42 Å². The Balaban J connectivity index is 1.94. The minimum Gasteiger partial charge on any atom is -0.384 e. The molecule has 4 heteroatoms. The fourth-order valence-corrected chi connectivity index (χ4v) is 2.06. The molecule has 0 aliphatic heterocycles. The summed E-state index contributed by atoms with van der Waals surface area (Å²) < 4.78 is 0. The van der Waals surface area contributed by atoms with E-state index in [0.29, 0.717) is 5.69 Å². The lowest BCUT2D eigenvalue weighted by molar-refractivity contribution is 0.102. The standard InChI is InChI=1S/C18H23N3O/c1-3-5-12-19-16-10-11-17(20-13-16)18(22)21-15-8-6-14(4-2)7-9-15/h6-11,13,19H,3-5,12H2,1-2H3,(H,21,22). The highest BCUT2D eigenvalue weighted by Crippen LogP contribution is 2.12. The van der Waals surface area contributed by atoms with Crippen LogP contribution < -0.4 is 10.6 Å². The smallest absolute Gasteiger partial charge is 0.274 e. The van der Waals surface area contributed by atoms with Gasteiger partial charge in [-0.25, -0.2) is 4.98 Å². The number of aryl methyl sites for hydroxylation is 1. The van der Waals surface area contributed by atoms with E-state index in [1.165, 1.54) is 5.56 Å². The summed E-state index contributed by atoms with van der Waals surface area (Å²) in [4.78, 5) is 16.4. The lowest BCUT2D eigenvalue weighted by Crippen LogP contribution is -2.13. The first-order valence-electron chi connectivity index (χ1n) is 7.83. The number of pyridine rings is 1. The first-order chi connectivity index (χ1) is 10.7. The molecule has 0 unspecified atom stereocenters. The van der Waals surface area contributed by atoms with Crippen molar-refractivity contribution >= 4 is 17.3 Å². The third kappa shape index (κ3) is 4.58. The third-order valence-electron chi connectivity index (χ3n) is 3.48. The molecule has 1 heterocycles. The van der Waals surface area contributed by atoms with E-state index in [2.05, 4.69) is 29.5 Å². The number of nitrogens with one attached hydrogen (secondary N) is 2. The fraction of sp³-hybridized carbons (Fsp3) is 0.333. The molecule has 1 aromatic carbocycles. The van der Waals surface area contributed by atoms with Crippen molar-refractivity contribution in [1.29, 1.82) is 0 Å². The van der Waals surface area contributed by atoms with Crippen molar-refractivity contribution in [1.82, 2.24) is 4.98 Å². The molecular formula is C18H23N3O. The summed E-state index contributed by atoms with van der Waals surface area (Å²) in [6, 6.07) is 11.5. The van der Waals surface area contributed by atoms with Crippen molar-refractivity contribution < 1.29 is 4.79 Å². The highest BCUT2D eigenvalue weighted by molar-refractivity contribution is 6.02. The maximum Gasteiger partial charge on any atom is 0.274 e. The highest BCUT2D eigenvalue weighted by Gasteiger charge is 2.07. The third-order valence-corrected chi connectivity index (χ3v) is 3.48. The van der Waals surface area contributed by atoms with Gasteiger partial charge in [-0.2, -0.15) is 0 Å². The van der Waals surface area contributed by atoms with E-state index in [1.54, 1.807) is 12.3 Å². The summed E-state index contributed by atoms with van der Waals surface area (Å²) in [7, 11) is 0. The molecule has 0 saturated heterocycles. The van der Waals surface area contributed by atoms with E-state index in [1.807, 2.05) is 30.3 Å². The average Bonchev–Trinajstić information content (AvgIpc) is 2.56. The molecule has 2 N–H and O–H groups in total. The van der Waals surface area contributed by atoms with E-state index < -0.39 is 0 Å². The van der Waals surface area contributed by atoms with Gasteiger partial charge in [0, 0.05) is 12.2 Å². The van der Waals surface area contributed by atoms with Gasteiger partial charge < -0.3 is 10.6 Å². The van der Waals surface area contributed by atoms with Crippen molar-refractivity contribution in [3.05, 3.63) is 53.9 Å². The number of anilines is 2. The first-order valence-corrected chi connectivity index (χ1v) is 7.83. The molecule has 0 aliphatic carbocycles. The Morgan fingerprint density at radius 1 is 1.05 bits per heavy atom. The maximum atomic E-state index is 12.1. The molecule has 0 fully saturated rings. The van der Waals surface area contributed by atoms with Crippen molar-refractivity contribution in [2.24, 2.45) is 0 Å². The van der Waals surface area contributed by atoms with Crippen LogP contribution in [0.3, 0.4) is 0 Å². The summed E-state index contributed by atoms with van der Waals surface area (Å²) >= 11 is 0. The quantitative estimate of drug-likeness (QED) is 0.756. The topological polar surface area (TPSA) is 54.0 Å². The molecule has 0 saturated carbocycles. The number of unbranched alkanes of at least 4 members (excludes halogenated alkanes) is 1. The molecule has 4 nitrogen and oxygen atoms in total. The SMILES string of the molecule is CCCCNc1ccc(C(=O)Nc2ccc(CC)cc2)nc1. The van der Waals surface area contributed by atoms with E-state index in [4.69, 9.17) is 0 Å². The molecule has 0 aliphatic rings. The summed E-state index contributed by atoms with van der Waals surface area (Å²) in [5, 5.41) is 6.14. The minimum atomic E-state index is -0.190. The average molecular weight is 297 g/mol. The van der Waals surface area contributed by atoms with Crippen molar-refractivity contribution in [3.63, 3.8) is 0 Å². The number of rotatable bonds is 7.